The second-order valence-corrected chi connectivity index (χ2v) is 7.82. The van der Waals surface area contributed by atoms with Crippen LogP contribution >= 0.6 is 11.3 Å². The van der Waals surface area contributed by atoms with Gasteiger partial charge < -0.3 is 19.6 Å². The lowest BCUT2D eigenvalue weighted by Crippen LogP contribution is -3.13. The Hall–Kier alpha value is -2.64. The van der Waals surface area contributed by atoms with Crippen molar-refractivity contribution in [3.05, 3.63) is 70.4 Å². The highest BCUT2D eigenvalue weighted by Gasteiger charge is 2.22. The van der Waals surface area contributed by atoms with Crippen molar-refractivity contribution >= 4 is 17.0 Å². The highest BCUT2D eigenvalue weighted by atomic mass is 32.1. The Balaban J connectivity index is 1.26. The molecule has 2 aromatic carbocycles. The first-order valence-corrected chi connectivity index (χ1v) is 10.2. The van der Waals surface area contributed by atoms with Crippen molar-refractivity contribution in [3.63, 3.8) is 0 Å². The number of rotatable bonds is 6. The van der Waals surface area contributed by atoms with Crippen LogP contribution in [0.2, 0.25) is 0 Å². The molecule has 1 aliphatic rings. The van der Waals surface area contributed by atoms with E-state index in [2.05, 4.69) is 15.3 Å². The summed E-state index contributed by atoms with van der Waals surface area (Å²) in [6.07, 6.45) is 0. The number of ether oxygens (including phenoxy) is 1. The number of anilines is 1. The van der Waals surface area contributed by atoms with Crippen LogP contribution in [0.1, 0.15) is 10.7 Å². The van der Waals surface area contributed by atoms with Gasteiger partial charge in [0.15, 0.2) is 0 Å². The van der Waals surface area contributed by atoms with E-state index in [0.29, 0.717) is 18.1 Å². The molecule has 1 aliphatic heterocycles. The topological polar surface area (TPSA) is 50.0 Å². The fourth-order valence-electron chi connectivity index (χ4n) is 3.40. The highest BCUT2D eigenvalue weighted by molar-refractivity contribution is 7.09. The summed E-state index contributed by atoms with van der Waals surface area (Å²) in [5.41, 5.74) is 1.99. The number of para-hydroxylation sites is 2. The Morgan fingerprint density at radius 2 is 1.86 bits per heavy atom. The van der Waals surface area contributed by atoms with E-state index < -0.39 is 0 Å². The fraction of sp³-hybridized carbons (Fsp3) is 0.286. The Labute approximate surface area is 167 Å². The molecule has 0 spiro atoms. The van der Waals surface area contributed by atoms with Gasteiger partial charge in [-0.1, -0.05) is 12.1 Å². The van der Waals surface area contributed by atoms with E-state index >= 15 is 0 Å². The van der Waals surface area contributed by atoms with Crippen molar-refractivity contribution in [1.29, 1.82) is 0 Å². The van der Waals surface area contributed by atoms with Gasteiger partial charge >= 0.3 is 0 Å². The number of quaternary nitrogens is 1. The monoisotopic (exact) mass is 400 g/mol. The van der Waals surface area contributed by atoms with Crippen molar-refractivity contribution in [2.24, 2.45) is 0 Å². The number of benzene rings is 2. The number of hydrogen-bond acceptors (Lipinski definition) is 5. The Kier molecular flexibility index (Phi) is 5.73. The molecule has 1 aromatic heterocycles. The molecule has 0 aliphatic carbocycles. The van der Waals surface area contributed by atoms with Gasteiger partial charge in [0, 0.05) is 5.38 Å². The summed E-state index contributed by atoms with van der Waals surface area (Å²) in [5.74, 6) is 0.717. The molecule has 0 atom stereocenters. The molecular formula is C21H23FN3O2S+. The summed E-state index contributed by atoms with van der Waals surface area (Å²) in [6, 6.07) is 13.5. The third-order valence-corrected chi connectivity index (χ3v) is 5.77. The van der Waals surface area contributed by atoms with E-state index in [1.165, 1.54) is 17.0 Å². The van der Waals surface area contributed by atoms with E-state index in [1.54, 1.807) is 29.5 Å². The molecule has 5 nitrogen and oxygen atoms in total. The molecule has 28 heavy (non-hydrogen) atoms. The van der Waals surface area contributed by atoms with Gasteiger partial charge in [0.05, 0.1) is 31.9 Å². The normalized spacial score (nSPS) is 15.0. The number of phenolic OH excluding ortho intramolecular Hbond substituents is 1. The number of aromatic hydroxyl groups is 1. The number of hydrogen-bond donors (Lipinski definition) is 2. The zero-order chi connectivity index (χ0) is 19.3. The average Bonchev–Trinajstić information content (AvgIpc) is 3.16. The van der Waals surface area contributed by atoms with Crippen molar-refractivity contribution < 1.29 is 19.1 Å². The SMILES string of the molecule is Oc1ccccc1N1CC[NH+](Cc2csc(COc3ccc(F)cc3)n2)CC1. The Morgan fingerprint density at radius 3 is 2.61 bits per heavy atom. The molecule has 7 heteroatoms. The fourth-order valence-corrected chi connectivity index (χ4v) is 4.11. The molecule has 2 N–H and O–H groups in total. The minimum atomic E-state index is -0.269. The third kappa shape index (κ3) is 4.61. The van der Waals surface area contributed by atoms with E-state index in [0.717, 1.165) is 49.1 Å². The van der Waals surface area contributed by atoms with Crippen LogP contribution in [-0.2, 0) is 13.2 Å². The summed E-state index contributed by atoms with van der Waals surface area (Å²) >= 11 is 1.59. The summed E-state index contributed by atoms with van der Waals surface area (Å²) in [6.45, 7) is 5.13. The van der Waals surface area contributed by atoms with Crippen molar-refractivity contribution in [2.75, 3.05) is 31.1 Å². The molecule has 2 heterocycles. The van der Waals surface area contributed by atoms with Gasteiger partial charge in [0.25, 0.3) is 0 Å². The molecule has 146 valence electrons. The molecule has 3 aromatic rings. The van der Waals surface area contributed by atoms with E-state index in [1.807, 2.05) is 18.2 Å². The van der Waals surface area contributed by atoms with Crippen LogP contribution in [0.3, 0.4) is 0 Å². The van der Waals surface area contributed by atoms with Gasteiger partial charge in [0.1, 0.15) is 41.2 Å². The lowest BCUT2D eigenvalue weighted by Gasteiger charge is -2.33. The number of aromatic nitrogens is 1. The summed E-state index contributed by atoms with van der Waals surface area (Å²) in [5, 5.41) is 13.0. The highest BCUT2D eigenvalue weighted by Crippen LogP contribution is 2.26. The summed E-state index contributed by atoms with van der Waals surface area (Å²) in [4.78, 5) is 8.40. The Morgan fingerprint density at radius 1 is 1.11 bits per heavy atom. The maximum absolute atomic E-state index is 12.9. The number of nitrogens with one attached hydrogen (secondary N) is 1. The lowest BCUT2D eigenvalue weighted by molar-refractivity contribution is -0.914. The zero-order valence-corrected chi connectivity index (χ0v) is 16.3. The maximum atomic E-state index is 12.9. The number of thiazole rings is 1. The molecule has 0 bridgehead atoms. The first-order chi connectivity index (χ1) is 13.7. The van der Waals surface area contributed by atoms with Crippen molar-refractivity contribution in [3.8, 4) is 11.5 Å². The Bertz CT molecular complexity index is 908. The predicted octanol–water partition coefficient (Wildman–Crippen LogP) is 2.47. The average molecular weight is 400 g/mol. The molecule has 1 fully saturated rings. The van der Waals surface area contributed by atoms with Crippen molar-refractivity contribution in [1.82, 2.24) is 4.98 Å². The number of phenols is 1. The summed E-state index contributed by atoms with van der Waals surface area (Å²) < 4.78 is 18.6. The van der Waals surface area contributed by atoms with Crippen LogP contribution in [0.5, 0.6) is 11.5 Å². The van der Waals surface area contributed by atoms with Gasteiger partial charge in [-0.3, -0.25) is 0 Å². The molecular weight excluding hydrogens is 377 g/mol. The molecule has 0 saturated carbocycles. The van der Waals surface area contributed by atoms with Crippen LogP contribution in [0.15, 0.2) is 53.9 Å². The van der Waals surface area contributed by atoms with Gasteiger partial charge in [0.2, 0.25) is 0 Å². The van der Waals surface area contributed by atoms with Crippen LogP contribution in [0.4, 0.5) is 10.1 Å². The van der Waals surface area contributed by atoms with E-state index in [9.17, 15) is 9.50 Å². The standard InChI is InChI=1S/C21H22FN3O2S/c22-16-5-7-18(8-6-16)27-14-21-23-17(15-28-21)13-24-9-11-25(12-10-24)19-3-1-2-4-20(19)26/h1-8,15,26H,9-14H2/p+1. The van der Waals surface area contributed by atoms with Gasteiger partial charge in [-0.2, -0.15) is 0 Å². The van der Waals surface area contributed by atoms with Crippen LogP contribution in [0.25, 0.3) is 0 Å². The second kappa shape index (κ2) is 8.58. The lowest BCUT2D eigenvalue weighted by atomic mass is 10.2. The first kappa shape index (κ1) is 18.7. The van der Waals surface area contributed by atoms with Crippen LogP contribution < -0.4 is 14.5 Å². The minimum Gasteiger partial charge on any atom is -0.506 e. The molecule has 0 radical (unpaired) electrons. The van der Waals surface area contributed by atoms with Crippen molar-refractivity contribution in [2.45, 2.75) is 13.2 Å². The second-order valence-electron chi connectivity index (χ2n) is 6.88. The quantitative estimate of drug-likeness (QED) is 0.668. The number of halogens is 1. The third-order valence-electron chi connectivity index (χ3n) is 4.90. The molecule has 0 amide bonds. The van der Waals surface area contributed by atoms with Gasteiger partial charge in [-0.15, -0.1) is 11.3 Å². The zero-order valence-electron chi connectivity index (χ0n) is 15.5. The molecule has 4 rings (SSSR count). The van der Waals surface area contributed by atoms with E-state index in [4.69, 9.17) is 4.74 Å². The largest absolute Gasteiger partial charge is 0.506 e. The minimum absolute atomic E-state index is 0.269. The molecule has 1 saturated heterocycles. The van der Waals surface area contributed by atoms with Crippen LogP contribution in [0, 0.1) is 5.82 Å². The smallest absolute Gasteiger partial charge is 0.140 e. The van der Waals surface area contributed by atoms with Crippen LogP contribution in [-0.4, -0.2) is 36.3 Å². The first-order valence-electron chi connectivity index (χ1n) is 9.35. The van der Waals surface area contributed by atoms with Gasteiger partial charge in [-0.05, 0) is 36.4 Å². The number of nitrogens with zero attached hydrogens (tertiary/aromatic N) is 2. The van der Waals surface area contributed by atoms with E-state index in [-0.39, 0.29) is 5.82 Å². The maximum Gasteiger partial charge on any atom is 0.140 e. The predicted molar refractivity (Wildman–Crippen MR) is 108 cm³/mol. The summed E-state index contributed by atoms with van der Waals surface area (Å²) in [7, 11) is 0. The number of piperazine rings is 1. The molecule has 0 unspecified atom stereocenters. The van der Waals surface area contributed by atoms with Gasteiger partial charge in [-0.25, -0.2) is 9.37 Å².